The summed E-state index contributed by atoms with van der Waals surface area (Å²) in [6.45, 7) is 6.08. The average Bonchev–Trinajstić information content (AvgIpc) is 3.14. The van der Waals surface area contributed by atoms with Crippen LogP contribution in [0.4, 0.5) is 0 Å². The molecule has 0 aromatic heterocycles. The molecule has 0 radical (unpaired) electrons. The molecule has 3 heteroatoms. The summed E-state index contributed by atoms with van der Waals surface area (Å²) in [5.74, 6) is 0.566. The number of benzene rings is 1. The van der Waals surface area contributed by atoms with Gasteiger partial charge in [-0.05, 0) is 30.4 Å². The van der Waals surface area contributed by atoms with Gasteiger partial charge in [0.25, 0.3) is 0 Å². The Bertz CT molecular complexity index is 371. The van der Waals surface area contributed by atoms with Crippen LogP contribution < -0.4 is 5.32 Å². The van der Waals surface area contributed by atoms with E-state index < -0.39 is 0 Å². The molecule has 0 spiro atoms. The van der Waals surface area contributed by atoms with Gasteiger partial charge in [-0.2, -0.15) is 0 Å². The molecule has 0 heterocycles. The van der Waals surface area contributed by atoms with Crippen molar-refractivity contribution in [2.24, 2.45) is 5.92 Å². The summed E-state index contributed by atoms with van der Waals surface area (Å²) in [5, 5.41) is 3.56. The van der Waals surface area contributed by atoms with Gasteiger partial charge >= 0.3 is 0 Å². The van der Waals surface area contributed by atoms with Crippen molar-refractivity contribution in [3.8, 4) is 0 Å². The molecular weight excluding hydrogens is 290 g/mol. The Labute approximate surface area is 118 Å². The lowest BCUT2D eigenvalue weighted by molar-refractivity contribution is 0.0345. The summed E-state index contributed by atoms with van der Waals surface area (Å²) in [6.07, 6.45) is 2.77. The summed E-state index contributed by atoms with van der Waals surface area (Å²) in [6, 6.07) is 9.06. The van der Waals surface area contributed by atoms with Gasteiger partial charge < -0.3 is 10.1 Å². The molecule has 0 bridgehead atoms. The Morgan fingerprint density at radius 2 is 2.06 bits per heavy atom. The van der Waals surface area contributed by atoms with Crippen LogP contribution in [0.2, 0.25) is 0 Å². The Morgan fingerprint density at radius 3 is 2.67 bits per heavy atom. The average molecular weight is 312 g/mol. The highest BCUT2D eigenvalue weighted by Gasteiger charge is 2.23. The van der Waals surface area contributed by atoms with Gasteiger partial charge in [-0.25, -0.2) is 0 Å². The number of hydrogen-bond acceptors (Lipinski definition) is 2. The van der Waals surface area contributed by atoms with Gasteiger partial charge in [0.15, 0.2) is 0 Å². The first-order valence-corrected chi connectivity index (χ1v) is 7.55. The zero-order valence-corrected chi connectivity index (χ0v) is 12.7. The van der Waals surface area contributed by atoms with Gasteiger partial charge in [-0.15, -0.1) is 0 Å². The second kappa shape index (κ2) is 6.69. The topological polar surface area (TPSA) is 21.3 Å². The van der Waals surface area contributed by atoms with Crippen molar-refractivity contribution in [1.29, 1.82) is 0 Å². The summed E-state index contributed by atoms with van der Waals surface area (Å²) >= 11 is 3.62. The number of hydrogen-bond donors (Lipinski definition) is 1. The van der Waals surface area contributed by atoms with Gasteiger partial charge in [0.05, 0.1) is 6.10 Å². The van der Waals surface area contributed by atoms with Gasteiger partial charge in [0, 0.05) is 23.7 Å². The van der Waals surface area contributed by atoms with E-state index in [4.69, 9.17) is 4.74 Å². The molecule has 1 fully saturated rings. The van der Waals surface area contributed by atoms with E-state index in [1.807, 2.05) is 6.07 Å². The largest absolute Gasteiger partial charge is 0.372 e. The maximum atomic E-state index is 6.06. The lowest BCUT2D eigenvalue weighted by Gasteiger charge is -2.21. The Hall–Kier alpha value is -0.380. The highest BCUT2D eigenvalue weighted by molar-refractivity contribution is 9.10. The number of nitrogens with one attached hydrogen (secondary N) is 1. The second-order valence-electron chi connectivity index (χ2n) is 5.42. The van der Waals surface area contributed by atoms with E-state index in [0.717, 1.165) is 23.7 Å². The first-order chi connectivity index (χ1) is 8.66. The molecule has 100 valence electrons. The molecule has 2 rings (SSSR count). The van der Waals surface area contributed by atoms with E-state index in [1.165, 1.54) is 18.4 Å². The van der Waals surface area contributed by atoms with E-state index in [0.29, 0.717) is 5.92 Å². The SMILES string of the molecule is CC(C)COC(CNC1CC1)c1ccccc1Br. The minimum atomic E-state index is 0.142. The van der Waals surface area contributed by atoms with E-state index in [-0.39, 0.29) is 6.10 Å². The van der Waals surface area contributed by atoms with Crippen LogP contribution in [0.1, 0.15) is 38.4 Å². The third kappa shape index (κ3) is 4.38. The molecule has 0 amide bonds. The van der Waals surface area contributed by atoms with Gasteiger partial charge in [0.2, 0.25) is 0 Å². The molecular formula is C15H22BrNO. The van der Waals surface area contributed by atoms with E-state index in [2.05, 4.69) is 53.3 Å². The summed E-state index contributed by atoms with van der Waals surface area (Å²) in [5.41, 5.74) is 1.24. The molecule has 18 heavy (non-hydrogen) atoms. The number of ether oxygens (including phenoxy) is 1. The van der Waals surface area contributed by atoms with Crippen molar-refractivity contribution in [1.82, 2.24) is 5.32 Å². The van der Waals surface area contributed by atoms with Crippen molar-refractivity contribution in [2.45, 2.75) is 38.8 Å². The quantitative estimate of drug-likeness (QED) is 0.824. The van der Waals surface area contributed by atoms with Crippen LogP contribution in [-0.2, 0) is 4.74 Å². The zero-order valence-electron chi connectivity index (χ0n) is 11.2. The number of rotatable bonds is 7. The minimum absolute atomic E-state index is 0.142. The van der Waals surface area contributed by atoms with Crippen LogP contribution in [0, 0.1) is 5.92 Å². The molecule has 1 aliphatic rings. The summed E-state index contributed by atoms with van der Waals surface area (Å²) in [4.78, 5) is 0. The van der Waals surface area contributed by atoms with Crippen molar-refractivity contribution >= 4 is 15.9 Å². The van der Waals surface area contributed by atoms with Crippen LogP contribution in [0.5, 0.6) is 0 Å². The standard InChI is InChI=1S/C15H22BrNO/c1-11(2)10-18-15(9-17-12-7-8-12)13-5-3-4-6-14(13)16/h3-6,11-12,15,17H,7-10H2,1-2H3. The lowest BCUT2D eigenvalue weighted by Crippen LogP contribution is -2.26. The maximum absolute atomic E-state index is 6.06. The molecule has 2 nitrogen and oxygen atoms in total. The second-order valence-corrected chi connectivity index (χ2v) is 6.27. The fourth-order valence-corrected chi connectivity index (χ4v) is 2.40. The molecule has 1 aromatic rings. The lowest BCUT2D eigenvalue weighted by atomic mass is 10.1. The van der Waals surface area contributed by atoms with Crippen molar-refractivity contribution in [3.05, 3.63) is 34.3 Å². The van der Waals surface area contributed by atoms with Crippen LogP contribution in [0.25, 0.3) is 0 Å². The van der Waals surface area contributed by atoms with E-state index in [9.17, 15) is 0 Å². The molecule has 1 N–H and O–H groups in total. The summed E-state index contributed by atoms with van der Waals surface area (Å²) in [7, 11) is 0. The maximum Gasteiger partial charge on any atom is 0.0960 e. The van der Waals surface area contributed by atoms with Crippen LogP contribution in [0.15, 0.2) is 28.7 Å². The Balaban J connectivity index is 1.99. The molecule has 1 aromatic carbocycles. The van der Waals surface area contributed by atoms with Crippen molar-refractivity contribution < 1.29 is 4.74 Å². The molecule has 1 atom stereocenters. The molecule has 0 saturated heterocycles. The predicted octanol–water partition coefficient (Wildman–Crippen LogP) is 3.91. The normalized spacial score (nSPS) is 17.1. The third-order valence-electron chi connectivity index (χ3n) is 3.05. The molecule has 1 saturated carbocycles. The minimum Gasteiger partial charge on any atom is -0.372 e. The number of halogens is 1. The fourth-order valence-electron chi connectivity index (χ4n) is 1.86. The third-order valence-corrected chi connectivity index (χ3v) is 3.77. The monoisotopic (exact) mass is 311 g/mol. The predicted molar refractivity (Wildman–Crippen MR) is 78.7 cm³/mol. The van der Waals surface area contributed by atoms with Gasteiger partial charge in [0.1, 0.15) is 0 Å². The van der Waals surface area contributed by atoms with E-state index >= 15 is 0 Å². The van der Waals surface area contributed by atoms with Crippen molar-refractivity contribution in [2.75, 3.05) is 13.2 Å². The van der Waals surface area contributed by atoms with Gasteiger partial charge in [-0.3, -0.25) is 0 Å². The Kier molecular flexibility index (Phi) is 5.22. The first-order valence-electron chi connectivity index (χ1n) is 6.76. The fraction of sp³-hybridized carbons (Fsp3) is 0.600. The molecule has 0 aliphatic heterocycles. The highest BCUT2D eigenvalue weighted by Crippen LogP contribution is 2.27. The molecule has 1 aliphatic carbocycles. The van der Waals surface area contributed by atoms with E-state index in [1.54, 1.807) is 0 Å². The molecule has 1 unspecified atom stereocenters. The first kappa shape index (κ1) is 14.0. The summed E-state index contributed by atoms with van der Waals surface area (Å²) < 4.78 is 7.19. The highest BCUT2D eigenvalue weighted by atomic mass is 79.9. The Morgan fingerprint density at radius 1 is 1.33 bits per heavy atom. The van der Waals surface area contributed by atoms with Gasteiger partial charge in [-0.1, -0.05) is 48.0 Å². The van der Waals surface area contributed by atoms with Crippen LogP contribution in [0.3, 0.4) is 0 Å². The van der Waals surface area contributed by atoms with Crippen LogP contribution >= 0.6 is 15.9 Å². The van der Waals surface area contributed by atoms with Crippen molar-refractivity contribution in [3.63, 3.8) is 0 Å². The van der Waals surface area contributed by atoms with Crippen LogP contribution in [-0.4, -0.2) is 19.2 Å². The zero-order chi connectivity index (χ0) is 13.0. The smallest absolute Gasteiger partial charge is 0.0960 e.